The molecule has 1 N–H and O–H groups in total. The number of benzene rings is 1. The smallest absolute Gasteiger partial charge is 0.163 e. The van der Waals surface area contributed by atoms with Crippen molar-refractivity contribution in [3.8, 4) is 5.75 Å². The second-order valence-electron chi connectivity index (χ2n) is 3.78. The Morgan fingerprint density at radius 1 is 1.38 bits per heavy atom. The molecule has 0 spiro atoms. The van der Waals surface area contributed by atoms with E-state index in [-0.39, 0.29) is 11.5 Å². The first-order chi connectivity index (χ1) is 6.16. The van der Waals surface area contributed by atoms with Crippen molar-refractivity contribution in [3.05, 3.63) is 29.3 Å². The molecule has 0 radical (unpaired) electrons. The van der Waals surface area contributed by atoms with Crippen molar-refractivity contribution in [2.45, 2.75) is 19.8 Å². The van der Waals surface area contributed by atoms with Crippen LogP contribution in [0.2, 0.25) is 0 Å². The first kappa shape index (κ1) is 8.30. The Morgan fingerprint density at radius 2 is 2.15 bits per heavy atom. The Kier molecular flexibility index (Phi) is 1.83. The molecule has 0 amide bonds. The number of carbonyl (C=O) groups is 1. The molecule has 68 valence electrons. The highest BCUT2D eigenvalue weighted by atomic mass is 16.3. The van der Waals surface area contributed by atoms with Crippen LogP contribution in [0.15, 0.2) is 18.2 Å². The van der Waals surface area contributed by atoms with Gasteiger partial charge in [-0.25, -0.2) is 0 Å². The van der Waals surface area contributed by atoms with Gasteiger partial charge in [0.25, 0.3) is 0 Å². The van der Waals surface area contributed by atoms with Crippen LogP contribution >= 0.6 is 0 Å². The zero-order valence-electron chi connectivity index (χ0n) is 7.58. The zero-order valence-corrected chi connectivity index (χ0v) is 7.58. The van der Waals surface area contributed by atoms with Gasteiger partial charge in [-0.05, 0) is 36.1 Å². The molecule has 1 aliphatic rings. The molecule has 0 heterocycles. The fourth-order valence-electron chi connectivity index (χ4n) is 1.90. The third-order valence-corrected chi connectivity index (χ3v) is 2.49. The van der Waals surface area contributed by atoms with E-state index in [4.69, 9.17) is 0 Å². The molecule has 2 rings (SSSR count). The molecule has 0 fully saturated rings. The zero-order chi connectivity index (χ0) is 9.42. The predicted molar refractivity (Wildman–Crippen MR) is 49.9 cm³/mol. The molecule has 0 aromatic heterocycles. The Bertz CT molecular complexity index is 355. The number of phenolic OH excluding ortho intramolecular Hbond substituents is 1. The largest absolute Gasteiger partial charge is 0.508 e. The molecule has 1 unspecified atom stereocenters. The van der Waals surface area contributed by atoms with Crippen LogP contribution in [0.1, 0.15) is 29.3 Å². The number of ketones is 1. The first-order valence-corrected chi connectivity index (χ1v) is 4.52. The van der Waals surface area contributed by atoms with Gasteiger partial charge in [0.15, 0.2) is 5.78 Å². The van der Waals surface area contributed by atoms with E-state index in [0.717, 1.165) is 17.5 Å². The summed E-state index contributed by atoms with van der Waals surface area (Å²) in [4.78, 5) is 11.5. The molecule has 2 nitrogen and oxygen atoms in total. The van der Waals surface area contributed by atoms with Crippen molar-refractivity contribution in [1.29, 1.82) is 0 Å². The lowest BCUT2D eigenvalue weighted by Gasteiger charge is -2.19. The minimum atomic E-state index is 0.203. The van der Waals surface area contributed by atoms with Crippen LogP contribution in [-0.4, -0.2) is 10.9 Å². The molecule has 1 aliphatic carbocycles. The fraction of sp³-hybridized carbons (Fsp3) is 0.364. The molecule has 1 atom stereocenters. The normalized spacial score (nSPS) is 21.3. The first-order valence-electron chi connectivity index (χ1n) is 4.52. The van der Waals surface area contributed by atoms with Crippen LogP contribution in [0, 0.1) is 5.92 Å². The number of hydrogen-bond acceptors (Lipinski definition) is 2. The average molecular weight is 176 g/mol. The molecule has 0 bridgehead atoms. The maximum atomic E-state index is 11.5. The second kappa shape index (κ2) is 2.87. The molecule has 0 saturated carbocycles. The number of hydrogen-bond donors (Lipinski definition) is 1. The van der Waals surface area contributed by atoms with Gasteiger partial charge in [-0.2, -0.15) is 0 Å². The highest BCUT2D eigenvalue weighted by Gasteiger charge is 2.21. The number of fused-ring (bicyclic) bond motifs is 1. The molecule has 0 aliphatic heterocycles. The maximum Gasteiger partial charge on any atom is 0.163 e. The van der Waals surface area contributed by atoms with Gasteiger partial charge in [-0.3, -0.25) is 4.79 Å². The van der Waals surface area contributed by atoms with E-state index >= 15 is 0 Å². The Morgan fingerprint density at radius 3 is 2.92 bits per heavy atom. The summed E-state index contributed by atoms with van der Waals surface area (Å²) in [6, 6.07) is 4.99. The van der Waals surface area contributed by atoms with Crippen LogP contribution in [0.25, 0.3) is 0 Å². The van der Waals surface area contributed by atoms with Gasteiger partial charge < -0.3 is 5.11 Å². The minimum Gasteiger partial charge on any atom is -0.508 e. The number of rotatable bonds is 0. The Hall–Kier alpha value is -1.31. The van der Waals surface area contributed by atoms with E-state index in [2.05, 4.69) is 6.92 Å². The van der Waals surface area contributed by atoms with E-state index in [0.29, 0.717) is 12.3 Å². The quantitative estimate of drug-likeness (QED) is 0.657. The van der Waals surface area contributed by atoms with Crippen LogP contribution in [0.4, 0.5) is 0 Å². The van der Waals surface area contributed by atoms with Crippen LogP contribution in [0.5, 0.6) is 5.75 Å². The Labute approximate surface area is 77.2 Å². The van der Waals surface area contributed by atoms with Crippen molar-refractivity contribution < 1.29 is 9.90 Å². The van der Waals surface area contributed by atoms with Crippen LogP contribution in [0.3, 0.4) is 0 Å². The van der Waals surface area contributed by atoms with Gasteiger partial charge in [-0.15, -0.1) is 0 Å². The van der Waals surface area contributed by atoms with Crippen LogP contribution < -0.4 is 0 Å². The van der Waals surface area contributed by atoms with Gasteiger partial charge in [0.1, 0.15) is 5.75 Å². The van der Waals surface area contributed by atoms with Crippen molar-refractivity contribution >= 4 is 5.78 Å². The third kappa shape index (κ3) is 1.44. The summed E-state index contributed by atoms with van der Waals surface area (Å²) in [5.74, 6) is 0.858. The number of Topliss-reactive ketones (excluding diaryl/α,β-unsaturated/α-hetero) is 1. The lowest BCUT2D eigenvalue weighted by atomic mass is 9.84. The molecule has 0 saturated heterocycles. The monoisotopic (exact) mass is 176 g/mol. The van der Waals surface area contributed by atoms with Gasteiger partial charge in [0.2, 0.25) is 0 Å². The van der Waals surface area contributed by atoms with Gasteiger partial charge in [0, 0.05) is 12.0 Å². The lowest BCUT2D eigenvalue weighted by molar-refractivity contribution is 0.0953. The molecular formula is C11H12O2. The summed E-state index contributed by atoms with van der Waals surface area (Å²) in [6.45, 7) is 2.06. The maximum absolute atomic E-state index is 11.5. The summed E-state index contributed by atoms with van der Waals surface area (Å²) < 4.78 is 0. The average Bonchev–Trinajstić information content (AvgIpc) is 2.02. The fourth-order valence-corrected chi connectivity index (χ4v) is 1.90. The standard InChI is InChI=1S/C11H12O2/c1-7-4-8-6-9(12)2-3-10(8)11(13)5-7/h2-3,6-7,12H,4-5H2,1H3. The second-order valence-corrected chi connectivity index (χ2v) is 3.78. The highest BCUT2D eigenvalue weighted by Crippen LogP contribution is 2.27. The summed E-state index contributed by atoms with van der Waals surface area (Å²) in [6.07, 6.45) is 1.53. The lowest BCUT2D eigenvalue weighted by Crippen LogP contribution is -2.17. The molecule has 13 heavy (non-hydrogen) atoms. The number of phenols is 1. The SMILES string of the molecule is CC1CC(=O)c2ccc(O)cc2C1. The molecule has 1 aromatic rings. The van der Waals surface area contributed by atoms with E-state index in [9.17, 15) is 9.90 Å². The van der Waals surface area contributed by atoms with Crippen molar-refractivity contribution in [1.82, 2.24) is 0 Å². The Balaban J connectivity index is 2.49. The molecule has 2 heteroatoms. The topological polar surface area (TPSA) is 37.3 Å². The third-order valence-electron chi connectivity index (χ3n) is 2.49. The minimum absolute atomic E-state index is 0.203. The van der Waals surface area contributed by atoms with Gasteiger partial charge >= 0.3 is 0 Å². The predicted octanol–water partition coefficient (Wildman–Crippen LogP) is 2.16. The summed E-state index contributed by atoms with van der Waals surface area (Å²) in [5, 5.41) is 9.25. The summed E-state index contributed by atoms with van der Waals surface area (Å²) >= 11 is 0. The molecular weight excluding hydrogens is 164 g/mol. The van der Waals surface area contributed by atoms with Crippen LogP contribution in [-0.2, 0) is 6.42 Å². The van der Waals surface area contributed by atoms with Gasteiger partial charge in [0.05, 0.1) is 0 Å². The van der Waals surface area contributed by atoms with Gasteiger partial charge in [-0.1, -0.05) is 6.92 Å². The number of carbonyl (C=O) groups excluding carboxylic acids is 1. The van der Waals surface area contributed by atoms with E-state index in [1.165, 1.54) is 0 Å². The number of aromatic hydroxyl groups is 1. The molecule has 1 aromatic carbocycles. The van der Waals surface area contributed by atoms with Crippen molar-refractivity contribution in [3.63, 3.8) is 0 Å². The highest BCUT2D eigenvalue weighted by molar-refractivity contribution is 5.98. The van der Waals surface area contributed by atoms with Crippen molar-refractivity contribution in [2.75, 3.05) is 0 Å². The van der Waals surface area contributed by atoms with E-state index in [1.54, 1.807) is 18.2 Å². The summed E-state index contributed by atoms with van der Waals surface area (Å²) in [5.41, 5.74) is 1.78. The van der Waals surface area contributed by atoms with Crippen molar-refractivity contribution in [2.24, 2.45) is 5.92 Å². The summed E-state index contributed by atoms with van der Waals surface area (Å²) in [7, 11) is 0. The van der Waals surface area contributed by atoms with E-state index in [1.807, 2.05) is 0 Å². The van der Waals surface area contributed by atoms with E-state index < -0.39 is 0 Å².